The predicted molar refractivity (Wildman–Crippen MR) is 136 cm³/mol. The standard InChI is InChI=1S/C30H31N3O2/c1-21(2)33-25-16-10-9-15-24(25)30(27(33)35)31-17-28(22-11-5-3-6-12-22)18-32(30)20-29(19-31,26(28)34)23-13-7-4-8-14-23/h3-16,21,26,34H,17-20H2,1-2H3. The molecule has 0 atom stereocenters. The molecule has 4 saturated heterocycles. The molecule has 8 rings (SSSR count). The molecule has 5 heteroatoms. The summed E-state index contributed by atoms with van der Waals surface area (Å²) >= 11 is 0. The fourth-order valence-corrected chi connectivity index (χ4v) is 7.82. The summed E-state index contributed by atoms with van der Waals surface area (Å²) in [6, 6.07) is 29.3. The molecular formula is C30H31N3O2. The minimum absolute atomic E-state index is 0.0689. The molecule has 35 heavy (non-hydrogen) atoms. The van der Waals surface area contributed by atoms with E-state index < -0.39 is 22.6 Å². The molecule has 5 heterocycles. The van der Waals surface area contributed by atoms with Crippen LogP contribution in [0, 0.1) is 0 Å². The summed E-state index contributed by atoms with van der Waals surface area (Å²) in [6.45, 7) is 6.78. The summed E-state index contributed by atoms with van der Waals surface area (Å²) in [7, 11) is 0. The van der Waals surface area contributed by atoms with Gasteiger partial charge in [0.05, 0.1) is 11.8 Å². The lowest BCUT2D eigenvalue weighted by molar-refractivity contribution is -0.245. The molecular weight excluding hydrogens is 434 g/mol. The Morgan fingerprint density at radius 2 is 1.20 bits per heavy atom. The fraction of sp³-hybridized carbons (Fsp3) is 0.367. The maximum absolute atomic E-state index is 14.5. The lowest BCUT2D eigenvalue weighted by Gasteiger charge is -2.72. The predicted octanol–water partition coefficient (Wildman–Crippen LogP) is 3.48. The van der Waals surface area contributed by atoms with Crippen LogP contribution < -0.4 is 4.90 Å². The van der Waals surface area contributed by atoms with Gasteiger partial charge in [-0.2, -0.15) is 0 Å². The number of amides is 1. The van der Waals surface area contributed by atoms with E-state index in [1.165, 1.54) is 0 Å². The van der Waals surface area contributed by atoms with Crippen LogP contribution in [0.25, 0.3) is 0 Å². The summed E-state index contributed by atoms with van der Waals surface area (Å²) in [5.41, 5.74) is 2.63. The maximum atomic E-state index is 14.5. The maximum Gasteiger partial charge on any atom is 0.267 e. The van der Waals surface area contributed by atoms with E-state index in [0.717, 1.165) is 22.4 Å². The van der Waals surface area contributed by atoms with Gasteiger partial charge in [-0.05, 0) is 31.0 Å². The van der Waals surface area contributed by atoms with Crippen molar-refractivity contribution in [2.45, 2.75) is 42.5 Å². The molecule has 1 spiro atoms. The Hall–Kier alpha value is -2.99. The van der Waals surface area contributed by atoms with E-state index in [0.29, 0.717) is 26.2 Å². The number of aliphatic hydroxyl groups excluding tert-OH is 1. The average molecular weight is 466 g/mol. The number of fused-ring (bicyclic) bond motifs is 1. The molecule has 5 aliphatic rings. The third-order valence-corrected chi connectivity index (χ3v) is 9.12. The molecule has 4 fully saturated rings. The number of piperidine rings is 2. The molecule has 3 aromatic carbocycles. The van der Waals surface area contributed by atoms with Crippen molar-refractivity contribution < 1.29 is 9.90 Å². The largest absolute Gasteiger partial charge is 0.391 e. The zero-order valence-electron chi connectivity index (χ0n) is 20.3. The average Bonchev–Trinajstić information content (AvgIpc) is 3.14. The van der Waals surface area contributed by atoms with E-state index in [1.54, 1.807) is 0 Å². The molecule has 0 unspecified atom stereocenters. The second-order valence-electron chi connectivity index (χ2n) is 11.1. The zero-order valence-corrected chi connectivity index (χ0v) is 20.3. The lowest BCUT2D eigenvalue weighted by atomic mass is 9.53. The Labute approximate surface area is 206 Å². The Balaban J connectivity index is 1.47. The molecule has 178 valence electrons. The Morgan fingerprint density at radius 1 is 0.743 bits per heavy atom. The van der Waals surface area contributed by atoms with Gasteiger partial charge in [0.1, 0.15) is 0 Å². The number of para-hydroxylation sites is 1. The van der Waals surface area contributed by atoms with Crippen molar-refractivity contribution in [3.05, 3.63) is 102 Å². The van der Waals surface area contributed by atoms with Gasteiger partial charge in [0, 0.05) is 48.6 Å². The molecule has 0 aliphatic carbocycles. The topological polar surface area (TPSA) is 47.0 Å². The minimum atomic E-state index is -0.822. The van der Waals surface area contributed by atoms with Gasteiger partial charge in [0.2, 0.25) is 0 Å². The van der Waals surface area contributed by atoms with Gasteiger partial charge < -0.3 is 10.0 Å². The molecule has 1 N–H and O–H groups in total. The van der Waals surface area contributed by atoms with Crippen molar-refractivity contribution in [1.29, 1.82) is 0 Å². The molecule has 5 nitrogen and oxygen atoms in total. The van der Waals surface area contributed by atoms with Crippen LogP contribution in [0.2, 0.25) is 0 Å². The highest BCUT2D eigenvalue weighted by molar-refractivity contribution is 6.08. The summed E-state index contributed by atoms with van der Waals surface area (Å²) in [5.74, 6) is 0.147. The van der Waals surface area contributed by atoms with Gasteiger partial charge in [-0.1, -0.05) is 78.9 Å². The van der Waals surface area contributed by atoms with Gasteiger partial charge >= 0.3 is 0 Å². The Morgan fingerprint density at radius 3 is 1.69 bits per heavy atom. The van der Waals surface area contributed by atoms with Crippen LogP contribution in [0.15, 0.2) is 84.9 Å². The van der Waals surface area contributed by atoms with Gasteiger partial charge in [-0.25, -0.2) is 0 Å². The molecule has 3 aromatic rings. The number of nitrogens with zero attached hydrogens (tertiary/aromatic N) is 3. The van der Waals surface area contributed by atoms with Crippen LogP contribution in [-0.2, 0) is 21.3 Å². The minimum Gasteiger partial charge on any atom is -0.391 e. The first-order chi connectivity index (χ1) is 16.9. The van der Waals surface area contributed by atoms with Crippen LogP contribution in [0.1, 0.15) is 30.5 Å². The van der Waals surface area contributed by atoms with Crippen molar-refractivity contribution in [2.75, 3.05) is 31.1 Å². The van der Waals surface area contributed by atoms with Gasteiger partial charge in [0.25, 0.3) is 5.91 Å². The third kappa shape index (κ3) is 2.41. The number of rotatable bonds is 3. The molecule has 4 bridgehead atoms. The highest BCUT2D eigenvalue weighted by Crippen LogP contribution is 2.61. The number of aliphatic hydroxyl groups is 1. The molecule has 1 amide bonds. The smallest absolute Gasteiger partial charge is 0.267 e. The molecule has 0 aromatic heterocycles. The summed E-state index contributed by atoms with van der Waals surface area (Å²) in [4.78, 5) is 21.2. The van der Waals surface area contributed by atoms with Crippen LogP contribution in [0.5, 0.6) is 0 Å². The first kappa shape index (κ1) is 21.3. The molecule has 0 radical (unpaired) electrons. The SMILES string of the molecule is CC(C)N1C(=O)C2(c3ccccc31)N1CC3(c4ccccc4)CN2CC(c2ccccc2)(C1)C3O. The number of hydrogen-bond acceptors (Lipinski definition) is 4. The second kappa shape index (κ2) is 7.03. The van der Waals surface area contributed by atoms with Crippen molar-refractivity contribution in [3.63, 3.8) is 0 Å². The van der Waals surface area contributed by atoms with E-state index in [1.807, 2.05) is 23.1 Å². The Kier molecular flexibility index (Phi) is 4.28. The second-order valence-corrected chi connectivity index (χ2v) is 11.1. The van der Waals surface area contributed by atoms with E-state index in [-0.39, 0.29) is 11.9 Å². The first-order valence-electron chi connectivity index (χ1n) is 12.7. The molecule has 5 aliphatic heterocycles. The zero-order chi connectivity index (χ0) is 24.0. The number of carbonyl (C=O) groups excluding carboxylic acids is 1. The van der Waals surface area contributed by atoms with E-state index in [9.17, 15) is 9.90 Å². The molecule has 0 saturated carbocycles. The highest BCUT2D eigenvalue weighted by atomic mass is 16.3. The van der Waals surface area contributed by atoms with Crippen LogP contribution in [0.4, 0.5) is 5.69 Å². The number of carbonyl (C=O) groups is 1. The Bertz CT molecular complexity index is 1230. The van der Waals surface area contributed by atoms with E-state index in [4.69, 9.17) is 0 Å². The van der Waals surface area contributed by atoms with Gasteiger partial charge in [0.15, 0.2) is 5.66 Å². The van der Waals surface area contributed by atoms with Gasteiger partial charge in [-0.3, -0.25) is 14.6 Å². The van der Waals surface area contributed by atoms with E-state index in [2.05, 4.69) is 90.4 Å². The van der Waals surface area contributed by atoms with Crippen molar-refractivity contribution in [2.24, 2.45) is 0 Å². The lowest BCUT2D eigenvalue weighted by Crippen LogP contribution is -2.87. The number of benzene rings is 3. The number of hydrogen-bond donors (Lipinski definition) is 1. The summed E-state index contributed by atoms with van der Waals surface area (Å²) < 4.78 is 0. The van der Waals surface area contributed by atoms with Crippen molar-refractivity contribution in [3.8, 4) is 0 Å². The van der Waals surface area contributed by atoms with Gasteiger partial charge in [-0.15, -0.1) is 0 Å². The van der Waals surface area contributed by atoms with Crippen LogP contribution >= 0.6 is 0 Å². The third-order valence-electron chi connectivity index (χ3n) is 9.12. The fourth-order valence-electron chi connectivity index (χ4n) is 7.82. The monoisotopic (exact) mass is 465 g/mol. The normalized spacial score (nSPS) is 36.9. The first-order valence-corrected chi connectivity index (χ1v) is 12.7. The quantitative estimate of drug-likeness (QED) is 0.644. The highest BCUT2D eigenvalue weighted by Gasteiger charge is 2.74. The van der Waals surface area contributed by atoms with E-state index >= 15 is 0 Å². The van der Waals surface area contributed by atoms with Crippen molar-refractivity contribution >= 4 is 11.6 Å². The summed E-state index contributed by atoms with van der Waals surface area (Å²) in [5, 5.41) is 12.2. The van der Waals surface area contributed by atoms with Crippen LogP contribution in [-0.4, -0.2) is 59.1 Å². The number of anilines is 1. The van der Waals surface area contributed by atoms with Crippen LogP contribution in [0.3, 0.4) is 0 Å². The summed E-state index contributed by atoms with van der Waals surface area (Å²) in [6.07, 6.45) is -0.544. The van der Waals surface area contributed by atoms with Crippen molar-refractivity contribution in [1.82, 2.24) is 9.80 Å².